The number of primary amides is 1. The Kier molecular flexibility index (Phi) is 2.27. The van der Waals surface area contributed by atoms with Crippen LogP contribution in [-0.4, -0.2) is 29.9 Å². The van der Waals surface area contributed by atoms with Gasteiger partial charge >= 0.3 is 0 Å². The highest BCUT2D eigenvalue weighted by Crippen LogP contribution is 2.10. The molecule has 0 aromatic rings. The maximum atomic E-state index is 10.7. The molecule has 1 heterocycles. The first-order chi connectivity index (χ1) is 4.72. The van der Waals surface area contributed by atoms with Gasteiger partial charge in [0.05, 0.1) is 6.04 Å². The van der Waals surface area contributed by atoms with Crippen molar-refractivity contribution < 1.29 is 4.79 Å². The zero-order valence-corrected chi connectivity index (χ0v) is 6.34. The number of likely N-dealkylation sites (tertiary alicyclic amines) is 1. The van der Waals surface area contributed by atoms with Crippen molar-refractivity contribution in [3.8, 4) is 0 Å². The van der Waals surface area contributed by atoms with E-state index < -0.39 is 0 Å². The number of hydrogen-bond donors (Lipinski definition) is 1. The molecule has 3 nitrogen and oxygen atoms in total. The molecule has 10 heavy (non-hydrogen) atoms. The minimum Gasteiger partial charge on any atom is -0.368 e. The Balaban J connectivity index is 2.39. The first kappa shape index (κ1) is 7.54. The van der Waals surface area contributed by atoms with Gasteiger partial charge in [0.1, 0.15) is 0 Å². The van der Waals surface area contributed by atoms with Gasteiger partial charge in [-0.3, -0.25) is 9.69 Å². The van der Waals surface area contributed by atoms with E-state index >= 15 is 0 Å². The van der Waals surface area contributed by atoms with Gasteiger partial charge in [-0.05, 0) is 32.9 Å². The average Bonchev–Trinajstić information content (AvgIpc) is 2.36. The van der Waals surface area contributed by atoms with Crippen molar-refractivity contribution in [2.75, 3.05) is 13.1 Å². The van der Waals surface area contributed by atoms with Crippen molar-refractivity contribution in [1.29, 1.82) is 0 Å². The molecule has 0 spiro atoms. The molecule has 1 rings (SSSR count). The van der Waals surface area contributed by atoms with Gasteiger partial charge in [0.2, 0.25) is 5.91 Å². The summed E-state index contributed by atoms with van der Waals surface area (Å²) in [6.07, 6.45) is 2.41. The minimum atomic E-state index is -0.207. The molecule has 1 amide bonds. The van der Waals surface area contributed by atoms with Crippen molar-refractivity contribution in [3.05, 3.63) is 0 Å². The molecule has 0 saturated carbocycles. The summed E-state index contributed by atoms with van der Waals surface area (Å²) in [6.45, 7) is 3.93. The lowest BCUT2D eigenvalue weighted by Gasteiger charge is -2.19. The van der Waals surface area contributed by atoms with E-state index in [1.807, 2.05) is 6.92 Å². The number of hydrogen-bond acceptors (Lipinski definition) is 2. The number of amides is 1. The maximum Gasteiger partial charge on any atom is 0.234 e. The van der Waals surface area contributed by atoms with Crippen molar-refractivity contribution in [2.45, 2.75) is 25.8 Å². The van der Waals surface area contributed by atoms with Crippen molar-refractivity contribution in [3.63, 3.8) is 0 Å². The van der Waals surface area contributed by atoms with E-state index in [0.29, 0.717) is 0 Å². The number of nitrogens with two attached hydrogens (primary N) is 1. The molecule has 1 fully saturated rings. The predicted octanol–water partition coefficient (Wildman–Crippen LogP) is -0.0440. The van der Waals surface area contributed by atoms with Crippen LogP contribution in [0.5, 0.6) is 0 Å². The molecule has 1 aliphatic rings. The van der Waals surface area contributed by atoms with E-state index in [0.717, 1.165) is 13.1 Å². The summed E-state index contributed by atoms with van der Waals surface area (Å²) >= 11 is 0. The second-order valence-corrected chi connectivity index (χ2v) is 2.82. The van der Waals surface area contributed by atoms with Crippen molar-refractivity contribution in [2.24, 2.45) is 5.73 Å². The van der Waals surface area contributed by atoms with Crippen LogP contribution in [-0.2, 0) is 4.79 Å². The van der Waals surface area contributed by atoms with Crippen LogP contribution in [0.3, 0.4) is 0 Å². The second kappa shape index (κ2) is 3.01. The third kappa shape index (κ3) is 1.48. The molecule has 1 saturated heterocycles. The molecule has 0 aromatic heterocycles. The minimum absolute atomic E-state index is 0.0671. The Morgan fingerprint density at radius 1 is 1.50 bits per heavy atom. The Labute approximate surface area is 61.2 Å². The highest BCUT2D eigenvalue weighted by molar-refractivity contribution is 5.79. The van der Waals surface area contributed by atoms with Crippen LogP contribution in [0.2, 0.25) is 0 Å². The van der Waals surface area contributed by atoms with Crippen LogP contribution in [0.1, 0.15) is 19.8 Å². The van der Waals surface area contributed by atoms with E-state index in [-0.39, 0.29) is 11.9 Å². The summed E-state index contributed by atoms with van der Waals surface area (Å²) < 4.78 is 0. The van der Waals surface area contributed by atoms with Crippen molar-refractivity contribution >= 4 is 5.91 Å². The zero-order valence-electron chi connectivity index (χ0n) is 6.34. The van der Waals surface area contributed by atoms with Crippen molar-refractivity contribution in [1.82, 2.24) is 4.90 Å². The Morgan fingerprint density at radius 2 is 2.00 bits per heavy atom. The van der Waals surface area contributed by atoms with E-state index in [1.54, 1.807) is 0 Å². The standard InChI is InChI=1S/C7H14N2O/c1-6(7(8)10)9-4-2-3-5-9/h6H,2-5H2,1H3,(H2,8,10)/t6-/m0/s1. The van der Waals surface area contributed by atoms with E-state index in [9.17, 15) is 4.79 Å². The largest absolute Gasteiger partial charge is 0.368 e. The summed E-state index contributed by atoms with van der Waals surface area (Å²) in [5, 5.41) is 0. The van der Waals surface area contributed by atoms with E-state index in [1.165, 1.54) is 12.8 Å². The molecule has 0 aromatic carbocycles. The first-order valence-electron chi connectivity index (χ1n) is 3.75. The Hall–Kier alpha value is -0.570. The van der Waals surface area contributed by atoms with Crippen LogP contribution >= 0.6 is 0 Å². The van der Waals surface area contributed by atoms with Gasteiger partial charge < -0.3 is 5.73 Å². The highest BCUT2D eigenvalue weighted by Gasteiger charge is 2.21. The summed E-state index contributed by atoms with van der Waals surface area (Å²) in [7, 11) is 0. The van der Waals surface area contributed by atoms with Gasteiger partial charge in [-0.15, -0.1) is 0 Å². The quantitative estimate of drug-likeness (QED) is 0.588. The third-order valence-corrected chi connectivity index (χ3v) is 2.10. The van der Waals surface area contributed by atoms with Gasteiger partial charge in [-0.25, -0.2) is 0 Å². The average molecular weight is 142 g/mol. The summed E-state index contributed by atoms with van der Waals surface area (Å²) in [5.41, 5.74) is 5.14. The van der Waals surface area contributed by atoms with Gasteiger partial charge in [0.15, 0.2) is 0 Å². The lowest BCUT2D eigenvalue weighted by molar-refractivity contribution is -0.122. The number of carbonyl (C=O) groups is 1. The van der Waals surface area contributed by atoms with Gasteiger partial charge in [-0.1, -0.05) is 0 Å². The molecule has 0 aliphatic carbocycles. The van der Waals surface area contributed by atoms with Crippen LogP contribution in [0.15, 0.2) is 0 Å². The SMILES string of the molecule is C[C@@H](C(N)=O)N1CCCC1. The lowest BCUT2D eigenvalue weighted by atomic mass is 10.3. The molecule has 1 atom stereocenters. The third-order valence-electron chi connectivity index (χ3n) is 2.10. The summed E-state index contributed by atoms with van der Waals surface area (Å²) in [6, 6.07) is -0.0671. The fraction of sp³-hybridized carbons (Fsp3) is 0.857. The van der Waals surface area contributed by atoms with Gasteiger partial charge in [0.25, 0.3) is 0 Å². The summed E-state index contributed by atoms with van der Waals surface area (Å²) in [4.78, 5) is 12.8. The molecule has 2 N–H and O–H groups in total. The molecule has 0 bridgehead atoms. The Bertz CT molecular complexity index is 130. The zero-order chi connectivity index (χ0) is 7.56. The lowest BCUT2D eigenvalue weighted by Crippen LogP contribution is -2.40. The van der Waals surface area contributed by atoms with E-state index in [2.05, 4.69) is 4.90 Å². The predicted molar refractivity (Wildman–Crippen MR) is 39.5 cm³/mol. The fourth-order valence-corrected chi connectivity index (χ4v) is 1.31. The number of carbonyl (C=O) groups excluding carboxylic acids is 1. The number of nitrogens with zero attached hydrogens (tertiary/aromatic N) is 1. The highest BCUT2D eigenvalue weighted by atomic mass is 16.1. The molecule has 58 valence electrons. The molecule has 3 heteroatoms. The Morgan fingerprint density at radius 3 is 2.40 bits per heavy atom. The normalized spacial score (nSPS) is 22.9. The van der Waals surface area contributed by atoms with Crippen LogP contribution < -0.4 is 5.73 Å². The second-order valence-electron chi connectivity index (χ2n) is 2.82. The van der Waals surface area contributed by atoms with Crippen LogP contribution in [0.25, 0.3) is 0 Å². The number of rotatable bonds is 2. The molecular formula is C7H14N2O. The monoisotopic (exact) mass is 142 g/mol. The molecule has 0 unspecified atom stereocenters. The smallest absolute Gasteiger partial charge is 0.234 e. The first-order valence-corrected chi connectivity index (χ1v) is 3.75. The van der Waals surface area contributed by atoms with Gasteiger partial charge in [0, 0.05) is 0 Å². The fourth-order valence-electron chi connectivity index (χ4n) is 1.31. The molecular weight excluding hydrogens is 128 g/mol. The maximum absolute atomic E-state index is 10.7. The molecule has 1 aliphatic heterocycles. The van der Waals surface area contributed by atoms with Crippen LogP contribution in [0, 0.1) is 0 Å². The van der Waals surface area contributed by atoms with Crippen LogP contribution in [0.4, 0.5) is 0 Å². The molecule has 0 radical (unpaired) electrons. The van der Waals surface area contributed by atoms with E-state index in [4.69, 9.17) is 5.73 Å². The van der Waals surface area contributed by atoms with Gasteiger partial charge in [-0.2, -0.15) is 0 Å². The summed E-state index contributed by atoms with van der Waals surface area (Å²) in [5.74, 6) is -0.207. The topological polar surface area (TPSA) is 46.3 Å².